The molecule has 0 saturated carbocycles. The van der Waals surface area contributed by atoms with Gasteiger partial charge in [0.25, 0.3) is 0 Å². The fraction of sp³-hybridized carbons (Fsp3) is 0.421. The smallest absolute Gasteiger partial charge is 0.176 e. The lowest BCUT2D eigenvalue weighted by Crippen LogP contribution is -2.29. The van der Waals surface area contributed by atoms with E-state index >= 15 is 0 Å². The second-order valence-electron chi connectivity index (χ2n) is 5.55. The molecule has 3 heteroatoms. The molecule has 22 heavy (non-hydrogen) atoms. The summed E-state index contributed by atoms with van der Waals surface area (Å²) in [6.45, 7) is 0.830. The predicted octanol–water partition coefficient (Wildman–Crippen LogP) is 3.86. The van der Waals surface area contributed by atoms with Crippen LogP contribution in [0.3, 0.4) is 0 Å². The van der Waals surface area contributed by atoms with Gasteiger partial charge >= 0.3 is 0 Å². The number of unbranched alkanes of at least 4 members (excludes halogenated alkanes) is 3. The van der Waals surface area contributed by atoms with Crippen LogP contribution < -0.4 is 0 Å². The average Bonchev–Trinajstić information content (AvgIpc) is 2.59. The highest BCUT2D eigenvalue weighted by atomic mass is 16.5. The van der Waals surface area contributed by atoms with Crippen LogP contribution in [0.1, 0.15) is 37.7 Å². The van der Waals surface area contributed by atoms with Crippen molar-refractivity contribution in [3.8, 4) is 6.07 Å². The summed E-state index contributed by atoms with van der Waals surface area (Å²) in [4.78, 5) is 0. The van der Waals surface area contributed by atoms with Crippen molar-refractivity contribution in [2.75, 3.05) is 13.2 Å². The van der Waals surface area contributed by atoms with E-state index in [0.29, 0.717) is 13.0 Å². The minimum absolute atomic E-state index is 0.249. The van der Waals surface area contributed by atoms with E-state index in [4.69, 9.17) is 9.84 Å². The maximum atomic E-state index is 9.45. The average molecular weight is 297 g/mol. The summed E-state index contributed by atoms with van der Waals surface area (Å²) in [5.74, 6) is 0. The third kappa shape index (κ3) is 4.56. The van der Waals surface area contributed by atoms with E-state index in [2.05, 4.69) is 24.3 Å². The predicted molar refractivity (Wildman–Crippen MR) is 88.0 cm³/mol. The molecule has 1 aromatic rings. The SMILES string of the molecule is N#CC1(OCCCCCCO)C=CC(c2ccccc2)=CC1. The first kappa shape index (κ1) is 16.5. The van der Waals surface area contributed by atoms with E-state index in [1.54, 1.807) is 0 Å². The number of hydrogen-bond acceptors (Lipinski definition) is 3. The topological polar surface area (TPSA) is 53.2 Å². The van der Waals surface area contributed by atoms with Crippen LogP contribution in [-0.4, -0.2) is 23.9 Å². The zero-order valence-electron chi connectivity index (χ0n) is 12.9. The summed E-state index contributed by atoms with van der Waals surface area (Å²) in [7, 11) is 0. The van der Waals surface area contributed by atoms with Crippen LogP contribution in [0.2, 0.25) is 0 Å². The Morgan fingerprint density at radius 1 is 1.14 bits per heavy atom. The molecule has 1 atom stereocenters. The van der Waals surface area contributed by atoms with Crippen LogP contribution in [0.5, 0.6) is 0 Å². The van der Waals surface area contributed by atoms with Gasteiger partial charge in [-0.15, -0.1) is 0 Å². The molecule has 0 radical (unpaired) electrons. The minimum atomic E-state index is -0.824. The largest absolute Gasteiger partial charge is 0.396 e. The number of nitriles is 1. The molecule has 0 heterocycles. The van der Waals surface area contributed by atoms with Gasteiger partial charge in [-0.3, -0.25) is 0 Å². The van der Waals surface area contributed by atoms with Crippen LogP contribution in [0.25, 0.3) is 5.57 Å². The minimum Gasteiger partial charge on any atom is -0.396 e. The summed E-state index contributed by atoms with van der Waals surface area (Å²) in [6.07, 6.45) is 10.3. The molecule has 0 spiro atoms. The van der Waals surface area contributed by atoms with Gasteiger partial charge < -0.3 is 9.84 Å². The first-order valence-electron chi connectivity index (χ1n) is 7.90. The maximum absolute atomic E-state index is 9.45. The van der Waals surface area contributed by atoms with E-state index in [1.807, 2.05) is 30.4 Å². The lowest BCUT2D eigenvalue weighted by Gasteiger charge is -2.25. The Bertz CT molecular complexity index is 557. The molecular weight excluding hydrogens is 274 g/mol. The molecule has 0 bridgehead atoms. The van der Waals surface area contributed by atoms with Crippen molar-refractivity contribution in [1.29, 1.82) is 5.26 Å². The van der Waals surface area contributed by atoms with Crippen molar-refractivity contribution >= 4 is 5.57 Å². The van der Waals surface area contributed by atoms with Crippen molar-refractivity contribution in [3.63, 3.8) is 0 Å². The fourth-order valence-electron chi connectivity index (χ4n) is 2.51. The van der Waals surface area contributed by atoms with Crippen molar-refractivity contribution < 1.29 is 9.84 Å². The summed E-state index contributed by atoms with van der Waals surface area (Å²) in [5, 5.41) is 18.2. The zero-order valence-corrected chi connectivity index (χ0v) is 12.9. The molecule has 1 aliphatic rings. The quantitative estimate of drug-likeness (QED) is 0.741. The first-order valence-corrected chi connectivity index (χ1v) is 7.90. The third-order valence-corrected chi connectivity index (χ3v) is 3.87. The number of hydrogen-bond donors (Lipinski definition) is 1. The molecule has 1 unspecified atom stereocenters. The third-order valence-electron chi connectivity index (χ3n) is 3.87. The lowest BCUT2D eigenvalue weighted by molar-refractivity contribution is 0.0322. The number of benzene rings is 1. The number of aliphatic hydroxyl groups is 1. The lowest BCUT2D eigenvalue weighted by atomic mass is 9.90. The summed E-state index contributed by atoms with van der Waals surface area (Å²) in [6, 6.07) is 12.5. The fourth-order valence-corrected chi connectivity index (χ4v) is 2.51. The van der Waals surface area contributed by atoms with E-state index < -0.39 is 5.60 Å². The molecule has 0 aromatic heterocycles. The molecule has 0 aliphatic heterocycles. The van der Waals surface area contributed by atoms with Gasteiger partial charge in [0.15, 0.2) is 5.60 Å². The summed E-state index contributed by atoms with van der Waals surface area (Å²) >= 11 is 0. The van der Waals surface area contributed by atoms with Gasteiger partial charge in [-0.2, -0.15) is 5.26 Å². The molecule has 3 nitrogen and oxygen atoms in total. The highest BCUT2D eigenvalue weighted by molar-refractivity contribution is 5.75. The highest BCUT2D eigenvalue weighted by Gasteiger charge is 2.29. The molecule has 1 aliphatic carbocycles. The molecule has 0 saturated heterocycles. The van der Waals surface area contributed by atoms with Gasteiger partial charge in [0.1, 0.15) is 6.07 Å². The molecule has 1 aromatic carbocycles. The molecule has 0 amide bonds. The number of aliphatic hydroxyl groups excluding tert-OH is 1. The molecule has 2 rings (SSSR count). The highest BCUT2D eigenvalue weighted by Crippen LogP contribution is 2.29. The van der Waals surface area contributed by atoms with Crippen molar-refractivity contribution in [1.82, 2.24) is 0 Å². The van der Waals surface area contributed by atoms with Gasteiger partial charge in [-0.05, 0) is 30.1 Å². The molecular formula is C19H23NO2. The van der Waals surface area contributed by atoms with Gasteiger partial charge in [0.2, 0.25) is 0 Å². The Labute approximate surface area is 132 Å². The standard InChI is InChI=1S/C19H23NO2/c20-16-19(22-15-7-2-1-6-14-21)12-10-18(11-13-19)17-8-4-3-5-9-17/h3-5,8-12,21H,1-2,6-7,13-15H2. The summed E-state index contributed by atoms with van der Waals surface area (Å²) in [5.41, 5.74) is 1.47. The Balaban J connectivity index is 1.85. The van der Waals surface area contributed by atoms with Crippen molar-refractivity contribution in [3.05, 3.63) is 54.1 Å². The van der Waals surface area contributed by atoms with Crippen molar-refractivity contribution in [2.24, 2.45) is 0 Å². The van der Waals surface area contributed by atoms with Crippen LogP contribution in [0.15, 0.2) is 48.6 Å². The molecule has 116 valence electrons. The zero-order chi connectivity index (χ0) is 15.7. The van der Waals surface area contributed by atoms with Crippen LogP contribution in [0.4, 0.5) is 0 Å². The van der Waals surface area contributed by atoms with Crippen LogP contribution in [0, 0.1) is 11.3 Å². The Hall–Kier alpha value is -1.89. The number of allylic oxidation sites excluding steroid dienone is 2. The van der Waals surface area contributed by atoms with Gasteiger partial charge in [0, 0.05) is 19.6 Å². The van der Waals surface area contributed by atoms with E-state index in [1.165, 1.54) is 0 Å². The number of ether oxygens (including phenoxy) is 1. The Morgan fingerprint density at radius 3 is 2.55 bits per heavy atom. The molecule has 0 fully saturated rings. The van der Waals surface area contributed by atoms with Gasteiger partial charge in [-0.25, -0.2) is 0 Å². The van der Waals surface area contributed by atoms with Gasteiger partial charge in [0.05, 0.1) is 0 Å². The maximum Gasteiger partial charge on any atom is 0.176 e. The van der Waals surface area contributed by atoms with E-state index in [-0.39, 0.29) is 6.61 Å². The number of nitrogens with zero attached hydrogens (tertiary/aromatic N) is 1. The Morgan fingerprint density at radius 2 is 1.91 bits per heavy atom. The normalized spacial score (nSPS) is 20.5. The van der Waals surface area contributed by atoms with E-state index in [9.17, 15) is 5.26 Å². The van der Waals surface area contributed by atoms with Gasteiger partial charge in [-0.1, -0.05) is 55.3 Å². The van der Waals surface area contributed by atoms with Crippen LogP contribution in [-0.2, 0) is 4.74 Å². The van der Waals surface area contributed by atoms with Crippen molar-refractivity contribution in [2.45, 2.75) is 37.7 Å². The second-order valence-corrected chi connectivity index (χ2v) is 5.55. The van der Waals surface area contributed by atoms with Crippen LogP contribution >= 0.6 is 0 Å². The first-order chi connectivity index (χ1) is 10.8. The monoisotopic (exact) mass is 297 g/mol. The number of rotatable bonds is 8. The summed E-state index contributed by atoms with van der Waals surface area (Å²) < 4.78 is 5.83. The Kier molecular flexibility index (Phi) is 6.39. The van der Waals surface area contributed by atoms with E-state index in [0.717, 1.165) is 36.8 Å². The second kappa shape index (κ2) is 8.53. The molecule has 1 N–H and O–H groups in total.